The lowest BCUT2D eigenvalue weighted by atomic mass is 9.84. The fourth-order valence-electron chi connectivity index (χ4n) is 4.28. The average Bonchev–Trinajstić information content (AvgIpc) is 3.22. The highest BCUT2D eigenvalue weighted by molar-refractivity contribution is 7.91. The van der Waals surface area contributed by atoms with Crippen LogP contribution in [0.5, 0.6) is 0 Å². The van der Waals surface area contributed by atoms with Crippen LogP contribution in [0.1, 0.15) is 51.5 Å². The number of halogens is 1. The second-order valence-electron chi connectivity index (χ2n) is 8.25. The lowest BCUT2D eigenvalue weighted by Gasteiger charge is -2.27. The van der Waals surface area contributed by atoms with Crippen LogP contribution < -0.4 is 10.9 Å². The number of aromatic nitrogens is 3. The van der Waals surface area contributed by atoms with Gasteiger partial charge in [0.15, 0.2) is 20.1 Å². The predicted octanol–water partition coefficient (Wildman–Crippen LogP) is 3.94. The van der Waals surface area contributed by atoms with E-state index in [1.165, 1.54) is 29.1 Å². The molecule has 1 aromatic carbocycles. The topological polar surface area (TPSA) is 111 Å². The highest BCUT2D eigenvalue weighted by Gasteiger charge is 2.28. The second kappa shape index (κ2) is 9.68. The van der Waals surface area contributed by atoms with Crippen LogP contribution in [0, 0.1) is 11.0 Å². The van der Waals surface area contributed by atoms with E-state index in [9.17, 15) is 22.4 Å². The van der Waals surface area contributed by atoms with E-state index < -0.39 is 32.5 Å². The molecule has 2 aromatic heterocycles. The average molecular weight is 493 g/mol. The van der Waals surface area contributed by atoms with Crippen molar-refractivity contribution in [3.8, 4) is 0 Å². The third-order valence-corrected chi connectivity index (χ3v) is 8.56. The van der Waals surface area contributed by atoms with E-state index in [-0.39, 0.29) is 32.6 Å². The van der Waals surface area contributed by atoms with Crippen molar-refractivity contribution in [1.82, 2.24) is 14.5 Å². The van der Waals surface area contributed by atoms with Crippen LogP contribution in [-0.2, 0) is 14.6 Å². The highest BCUT2D eigenvalue weighted by atomic mass is 32.2. The van der Waals surface area contributed by atoms with Gasteiger partial charge in [-0.2, -0.15) is 4.39 Å². The Kier molecular flexibility index (Phi) is 6.89. The molecule has 3 aromatic rings. The molecule has 1 amide bonds. The van der Waals surface area contributed by atoms with E-state index in [0.717, 1.165) is 49.6 Å². The molecule has 176 valence electrons. The Bertz CT molecular complexity index is 1330. The van der Waals surface area contributed by atoms with Crippen molar-refractivity contribution in [2.75, 3.05) is 11.1 Å². The predicted molar refractivity (Wildman–Crippen MR) is 125 cm³/mol. The summed E-state index contributed by atoms with van der Waals surface area (Å²) in [6.07, 6.45) is 8.05. The summed E-state index contributed by atoms with van der Waals surface area (Å²) >= 11 is 0.718. The summed E-state index contributed by atoms with van der Waals surface area (Å²) < 4.78 is 39.0. The summed E-state index contributed by atoms with van der Waals surface area (Å²) in [5.74, 6) is -0.234. The molecule has 1 N–H and O–H groups in total. The molecule has 0 saturated heterocycles. The van der Waals surface area contributed by atoms with Gasteiger partial charge in [0.05, 0.1) is 34.1 Å². The van der Waals surface area contributed by atoms with Gasteiger partial charge < -0.3 is 5.32 Å². The van der Waals surface area contributed by atoms with Gasteiger partial charge in [-0.25, -0.2) is 18.4 Å². The van der Waals surface area contributed by atoms with E-state index in [2.05, 4.69) is 15.3 Å². The molecule has 8 nitrogen and oxygen atoms in total. The molecule has 0 spiro atoms. The first-order valence-corrected chi connectivity index (χ1v) is 13.4. The number of rotatable bonds is 7. The number of fused-ring (bicyclic) bond motifs is 1. The lowest BCUT2D eigenvalue weighted by molar-refractivity contribution is -0.120. The van der Waals surface area contributed by atoms with Crippen molar-refractivity contribution in [2.24, 2.45) is 5.92 Å². The maximum Gasteiger partial charge on any atom is 0.261 e. The van der Waals surface area contributed by atoms with E-state index >= 15 is 0 Å². The van der Waals surface area contributed by atoms with Gasteiger partial charge in [0.1, 0.15) is 6.04 Å². The van der Waals surface area contributed by atoms with Gasteiger partial charge in [-0.3, -0.25) is 14.2 Å². The first-order chi connectivity index (χ1) is 15.8. The van der Waals surface area contributed by atoms with Crippen molar-refractivity contribution in [3.05, 3.63) is 46.2 Å². The van der Waals surface area contributed by atoms with E-state index in [1.807, 2.05) is 0 Å². The number of carbonyl (C=O) groups is 1. The van der Waals surface area contributed by atoms with Crippen LogP contribution in [0.3, 0.4) is 0 Å². The molecule has 1 fully saturated rings. The molecule has 4 rings (SSSR count). The lowest BCUT2D eigenvalue weighted by Crippen LogP contribution is -2.35. The summed E-state index contributed by atoms with van der Waals surface area (Å²) in [5, 5.41) is 2.47. The molecule has 1 saturated carbocycles. The summed E-state index contributed by atoms with van der Waals surface area (Å²) in [7, 11) is -3.44. The van der Waals surface area contributed by atoms with Crippen LogP contribution in [0.2, 0.25) is 0 Å². The Morgan fingerprint density at radius 1 is 1.27 bits per heavy atom. The van der Waals surface area contributed by atoms with Gasteiger partial charge >= 0.3 is 0 Å². The molecule has 11 heteroatoms. The highest BCUT2D eigenvalue weighted by Crippen LogP contribution is 2.31. The van der Waals surface area contributed by atoms with Gasteiger partial charge in [-0.15, -0.1) is 0 Å². The van der Waals surface area contributed by atoms with Gasteiger partial charge in [-0.05, 0) is 30.5 Å². The van der Waals surface area contributed by atoms with Crippen LogP contribution in [0.4, 0.5) is 9.52 Å². The number of amides is 1. The number of anilines is 1. The van der Waals surface area contributed by atoms with Gasteiger partial charge in [0, 0.05) is 0 Å². The largest absolute Gasteiger partial charge is 0.300 e. The molecule has 0 bridgehead atoms. The first-order valence-electron chi connectivity index (χ1n) is 10.9. The number of hydrogen-bond donors (Lipinski definition) is 1. The zero-order valence-corrected chi connectivity index (χ0v) is 19.8. The minimum atomic E-state index is -3.44. The normalized spacial score (nSPS) is 16.1. The number of hydrogen-bond acceptors (Lipinski definition) is 7. The van der Waals surface area contributed by atoms with Crippen LogP contribution in [0.25, 0.3) is 10.9 Å². The standard InChI is InChI=1S/C22H25FN4O4S2/c1-2-33(30,31)15-8-9-16-17(11-15)25-13-27(21(16)29)18(10-14-6-4-3-5-7-14)20(28)26-22-24-12-19(23)32-22/h8-9,11-14,18H,2-7,10H2,1H3,(H,24,26,28)/t18-/m0/s1. The Morgan fingerprint density at radius 3 is 2.70 bits per heavy atom. The Labute approximate surface area is 194 Å². The summed E-state index contributed by atoms with van der Waals surface area (Å²) in [4.78, 5) is 34.7. The maximum atomic E-state index is 13.4. The summed E-state index contributed by atoms with van der Waals surface area (Å²) in [5.41, 5.74) is -0.175. The van der Waals surface area contributed by atoms with Gasteiger partial charge in [0.25, 0.3) is 5.56 Å². The van der Waals surface area contributed by atoms with Crippen molar-refractivity contribution in [3.63, 3.8) is 0 Å². The number of thiazole rings is 1. The zero-order valence-electron chi connectivity index (χ0n) is 18.2. The van der Waals surface area contributed by atoms with Crippen LogP contribution >= 0.6 is 11.3 Å². The molecule has 1 aliphatic carbocycles. The molecule has 0 radical (unpaired) electrons. The second-order valence-corrected chi connectivity index (χ2v) is 11.5. The molecule has 0 unspecified atom stereocenters. The monoisotopic (exact) mass is 492 g/mol. The van der Waals surface area contributed by atoms with E-state index in [1.54, 1.807) is 6.92 Å². The SMILES string of the molecule is CCS(=O)(=O)c1ccc2c(=O)n([C@@H](CC3CCCCC3)C(=O)Nc3ncc(F)s3)cnc2c1. The quantitative estimate of drug-likeness (QED) is 0.535. The third kappa shape index (κ3) is 5.14. The molecule has 33 heavy (non-hydrogen) atoms. The van der Waals surface area contributed by atoms with Crippen molar-refractivity contribution in [1.29, 1.82) is 0 Å². The molecule has 2 heterocycles. The minimum absolute atomic E-state index is 0.0590. The first kappa shape index (κ1) is 23.5. The van der Waals surface area contributed by atoms with Gasteiger partial charge in [-0.1, -0.05) is 50.4 Å². The van der Waals surface area contributed by atoms with Crippen molar-refractivity contribution < 1.29 is 17.6 Å². The molecule has 0 aliphatic heterocycles. The summed E-state index contributed by atoms with van der Waals surface area (Å²) in [6, 6.07) is 3.37. The number of benzene rings is 1. The third-order valence-electron chi connectivity index (χ3n) is 6.12. The van der Waals surface area contributed by atoms with Crippen LogP contribution in [0.15, 0.2) is 40.4 Å². The van der Waals surface area contributed by atoms with E-state index in [4.69, 9.17) is 0 Å². The smallest absolute Gasteiger partial charge is 0.261 e. The molecule has 1 atom stereocenters. The molecule has 1 aliphatic rings. The minimum Gasteiger partial charge on any atom is -0.300 e. The number of nitrogens with one attached hydrogen (secondary N) is 1. The number of nitrogens with zero attached hydrogens (tertiary/aromatic N) is 3. The van der Waals surface area contributed by atoms with Gasteiger partial charge in [0.2, 0.25) is 5.91 Å². The maximum absolute atomic E-state index is 13.4. The van der Waals surface area contributed by atoms with E-state index in [0.29, 0.717) is 6.42 Å². The Morgan fingerprint density at radius 2 is 2.03 bits per heavy atom. The van der Waals surface area contributed by atoms with Crippen LogP contribution in [-0.4, -0.2) is 34.6 Å². The Balaban J connectivity index is 1.72. The van der Waals surface area contributed by atoms with Crippen molar-refractivity contribution >= 4 is 43.1 Å². The molecular weight excluding hydrogens is 467 g/mol. The number of carbonyl (C=O) groups excluding carboxylic acids is 1. The fraction of sp³-hybridized carbons (Fsp3) is 0.455. The zero-order chi connectivity index (χ0) is 23.6. The Hall–Kier alpha value is -2.66. The summed E-state index contributed by atoms with van der Waals surface area (Å²) in [6.45, 7) is 1.55. The fourth-order valence-corrected chi connectivity index (χ4v) is 5.73. The van der Waals surface area contributed by atoms with Crippen molar-refractivity contribution in [2.45, 2.75) is 56.4 Å². The number of sulfone groups is 1. The molecular formula is C22H25FN4O4S2.